The topological polar surface area (TPSA) is 57.2 Å². The molecule has 1 N–H and O–H groups in total. The zero-order valence-corrected chi connectivity index (χ0v) is 16.3. The minimum absolute atomic E-state index is 0.105. The van der Waals surface area contributed by atoms with E-state index in [1.54, 1.807) is 6.92 Å². The van der Waals surface area contributed by atoms with E-state index >= 15 is 0 Å². The maximum Gasteiger partial charge on any atom is 0.219 e. The largest absolute Gasteiger partial charge is 0.374 e. The number of benzene rings is 1. The van der Waals surface area contributed by atoms with Gasteiger partial charge in [0.2, 0.25) is 5.91 Å². The second kappa shape index (κ2) is 10.8. The molecule has 144 valence electrons. The molecule has 0 aromatic heterocycles. The van der Waals surface area contributed by atoms with E-state index in [-0.39, 0.29) is 12.0 Å². The molecule has 0 saturated carbocycles. The first-order chi connectivity index (χ1) is 12.6. The van der Waals surface area contributed by atoms with E-state index in [4.69, 9.17) is 9.73 Å². The maximum atomic E-state index is 11.5. The molecule has 1 unspecified atom stereocenters. The van der Waals surface area contributed by atoms with Crippen LogP contribution in [-0.2, 0) is 9.53 Å². The lowest BCUT2D eigenvalue weighted by Crippen LogP contribution is -2.53. The third-order valence-corrected chi connectivity index (χ3v) is 4.56. The first-order valence-corrected chi connectivity index (χ1v) is 9.57. The third kappa shape index (κ3) is 6.33. The number of nitrogens with zero attached hydrogens (tertiary/aromatic N) is 3. The van der Waals surface area contributed by atoms with E-state index in [1.165, 1.54) is 5.56 Å². The summed E-state index contributed by atoms with van der Waals surface area (Å²) in [7, 11) is 0. The van der Waals surface area contributed by atoms with Crippen molar-refractivity contribution >= 4 is 11.9 Å². The van der Waals surface area contributed by atoms with Crippen molar-refractivity contribution in [2.45, 2.75) is 33.3 Å². The maximum absolute atomic E-state index is 11.5. The van der Waals surface area contributed by atoms with Crippen molar-refractivity contribution in [3.05, 3.63) is 35.9 Å². The van der Waals surface area contributed by atoms with Gasteiger partial charge in [-0.05, 0) is 25.8 Å². The number of amides is 1. The Kier molecular flexibility index (Phi) is 8.41. The highest BCUT2D eigenvalue weighted by Crippen LogP contribution is 2.15. The third-order valence-electron chi connectivity index (χ3n) is 4.56. The van der Waals surface area contributed by atoms with Gasteiger partial charge in [-0.15, -0.1) is 0 Å². The zero-order valence-electron chi connectivity index (χ0n) is 16.3. The first-order valence-electron chi connectivity index (χ1n) is 9.57. The number of ether oxygens (including phenoxy) is 1. The van der Waals surface area contributed by atoms with Crippen molar-refractivity contribution in [2.75, 3.05) is 45.9 Å². The van der Waals surface area contributed by atoms with Crippen LogP contribution < -0.4 is 5.32 Å². The van der Waals surface area contributed by atoms with Crippen LogP contribution in [0.4, 0.5) is 0 Å². The highest BCUT2D eigenvalue weighted by molar-refractivity contribution is 5.80. The Morgan fingerprint density at radius 2 is 1.85 bits per heavy atom. The van der Waals surface area contributed by atoms with Crippen molar-refractivity contribution in [1.82, 2.24) is 15.1 Å². The smallest absolute Gasteiger partial charge is 0.219 e. The molecule has 1 heterocycles. The van der Waals surface area contributed by atoms with Gasteiger partial charge in [-0.1, -0.05) is 30.3 Å². The van der Waals surface area contributed by atoms with Gasteiger partial charge in [0.15, 0.2) is 5.96 Å². The van der Waals surface area contributed by atoms with Gasteiger partial charge in [0.1, 0.15) is 0 Å². The van der Waals surface area contributed by atoms with E-state index in [2.05, 4.69) is 36.2 Å². The van der Waals surface area contributed by atoms with E-state index in [1.807, 2.05) is 23.1 Å². The Morgan fingerprint density at radius 3 is 2.46 bits per heavy atom. The summed E-state index contributed by atoms with van der Waals surface area (Å²) < 4.78 is 5.91. The van der Waals surface area contributed by atoms with E-state index in [0.29, 0.717) is 6.61 Å². The van der Waals surface area contributed by atoms with Gasteiger partial charge in [-0.2, -0.15) is 0 Å². The average Bonchev–Trinajstić information content (AvgIpc) is 2.67. The lowest BCUT2D eigenvalue weighted by atomic mass is 10.1. The minimum Gasteiger partial charge on any atom is -0.374 e. The second-order valence-corrected chi connectivity index (χ2v) is 6.51. The summed E-state index contributed by atoms with van der Waals surface area (Å²) in [5.41, 5.74) is 1.20. The zero-order chi connectivity index (χ0) is 18.8. The molecule has 0 aliphatic carbocycles. The van der Waals surface area contributed by atoms with Crippen LogP contribution in [0.1, 0.15) is 38.9 Å². The molecule has 1 fully saturated rings. The Labute approximate surface area is 157 Å². The summed E-state index contributed by atoms with van der Waals surface area (Å²) in [5.74, 6) is 1.09. The van der Waals surface area contributed by atoms with Crippen LogP contribution >= 0.6 is 0 Å². The van der Waals surface area contributed by atoms with Gasteiger partial charge in [0, 0.05) is 52.8 Å². The molecular formula is C20H32N4O2. The van der Waals surface area contributed by atoms with Crippen LogP contribution in [0.25, 0.3) is 0 Å². The molecule has 1 aromatic carbocycles. The number of aliphatic imine (C=N–C) groups is 1. The lowest BCUT2D eigenvalue weighted by Gasteiger charge is -2.36. The number of rotatable bonds is 7. The number of guanidine groups is 1. The average molecular weight is 361 g/mol. The van der Waals surface area contributed by atoms with Gasteiger partial charge >= 0.3 is 0 Å². The van der Waals surface area contributed by atoms with E-state index in [9.17, 15) is 4.79 Å². The fourth-order valence-electron chi connectivity index (χ4n) is 2.99. The van der Waals surface area contributed by atoms with Gasteiger partial charge in [-0.25, -0.2) is 0 Å². The molecule has 6 nitrogen and oxygen atoms in total. The summed E-state index contributed by atoms with van der Waals surface area (Å²) in [6.07, 6.45) is 0.993. The second-order valence-electron chi connectivity index (χ2n) is 6.51. The van der Waals surface area contributed by atoms with Crippen LogP contribution in [-0.4, -0.2) is 67.5 Å². The molecule has 1 atom stereocenters. The SMILES string of the molecule is CCNC(=NCCCOC(C)c1ccccc1)N1CCN(C(C)=O)CC1. The highest BCUT2D eigenvalue weighted by atomic mass is 16.5. The van der Waals surface area contributed by atoms with Crippen LogP contribution in [0.15, 0.2) is 35.3 Å². The van der Waals surface area contributed by atoms with E-state index in [0.717, 1.165) is 51.6 Å². The molecule has 0 radical (unpaired) electrons. The quantitative estimate of drug-likeness (QED) is 0.460. The molecule has 2 rings (SSSR count). The summed E-state index contributed by atoms with van der Waals surface area (Å²) in [6.45, 7) is 11.2. The van der Waals surface area contributed by atoms with Gasteiger partial charge in [0.25, 0.3) is 0 Å². The minimum atomic E-state index is 0.105. The Bertz CT molecular complexity index is 568. The highest BCUT2D eigenvalue weighted by Gasteiger charge is 2.20. The molecule has 0 bridgehead atoms. The normalized spacial score (nSPS) is 16.5. The van der Waals surface area contributed by atoms with Crippen LogP contribution in [0.5, 0.6) is 0 Å². The van der Waals surface area contributed by atoms with Crippen molar-refractivity contribution in [2.24, 2.45) is 4.99 Å². The summed E-state index contributed by atoms with van der Waals surface area (Å²) in [5, 5.41) is 3.35. The summed E-state index contributed by atoms with van der Waals surface area (Å²) in [4.78, 5) is 20.3. The van der Waals surface area contributed by atoms with Crippen molar-refractivity contribution in [1.29, 1.82) is 0 Å². The predicted octanol–water partition coefficient (Wildman–Crippen LogP) is 2.28. The molecule has 0 spiro atoms. The van der Waals surface area contributed by atoms with Gasteiger partial charge < -0.3 is 19.9 Å². The van der Waals surface area contributed by atoms with Crippen molar-refractivity contribution in [3.63, 3.8) is 0 Å². The Morgan fingerprint density at radius 1 is 1.19 bits per heavy atom. The fourth-order valence-corrected chi connectivity index (χ4v) is 2.99. The molecule has 6 heteroatoms. The lowest BCUT2D eigenvalue weighted by molar-refractivity contribution is -0.130. The summed E-state index contributed by atoms with van der Waals surface area (Å²) in [6, 6.07) is 10.3. The van der Waals surface area contributed by atoms with E-state index < -0.39 is 0 Å². The standard InChI is InChI=1S/C20H32N4O2/c1-4-21-20(24-14-12-23(13-15-24)18(3)25)22-11-8-16-26-17(2)19-9-6-5-7-10-19/h5-7,9-10,17H,4,8,11-16H2,1-3H3,(H,21,22). The Balaban J connectivity index is 1.74. The van der Waals surface area contributed by atoms with Crippen LogP contribution in [0.2, 0.25) is 0 Å². The van der Waals surface area contributed by atoms with Gasteiger partial charge in [-0.3, -0.25) is 9.79 Å². The fraction of sp³-hybridized carbons (Fsp3) is 0.600. The Hall–Kier alpha value is -2.08. The molecule has 26 heavy (non-hydrogen) atoms. The van der Waals surface area contributed by atoms with Gasteiger partial charge in [0.05, 0.1) is 6.10 Å². The predicted molar refractivity (Wildman–Crippen MR) is 105 cm³/mol. The molecule has 1 amide bonds. The molecular weight excluding hydrogens is 328 g/mol. The molecule has 1 aliphatic rings. The number of hydrogen-bond donors (Lipinski definition) is 1. The first kappa shape index (κ1) is 20.2. The summed E-state index contributed by atoms with van der Waals surface area (Å²) >= 11 is 0. The van der Waals surface area contributed by atoms with Crippen molar-refractivity contribution in [3.8, 4) is 0 Å². The monoisotopic (exact) mass is 360 g/mol. The van der Waals surface area contributed by atoms with Crippen molar-refractivity contribution < 1.29 is 9.53 Å². The molecule has 1 aliphatic heterocycles. The number of nitrogens with one attached hydrogen (secondary N) is 1. The number of piperazine rings is 1. The molecule has 1 aromatic rings. The number of hydrogen-bond acceptors (Lipinski definition) is 3. The number of carbonyl (C=O) groups excluding carboxylic acids is 1. The van der Waals surface area contributed by atoms with Crippen LogP contribution in [0.3, 0.4) is 0 Å². The number of carbonyl (C=O) groups is 1. The van der Waals surface area contributed by atoms with Crippen LogP contribution in [0, 0.1) is 0 Å². The molecule has 1 saturated heterocycles.